The molecule has 0 heterocycles. The van der Waals surface area contributed by atoms with Crippen molar-refractivity contribution in [1.29, 1.82) is 0 Å². The predicted molar refractivity (Wildman–Crippen MR) is 107 cm³/mol. The average Bonchev–Trinajstić information content (AvgIpc) is 3.12. The average molecular weight is 362 g/mol. The maximum absolute atomic E-state index is 5.61. The Morgan fingerprint density at radius 3 is 2.65 bits per heavy atom. The van der Waals surface area contributed by atoms with Gasteiger partial charge in [-0.3, -0.25) is 4.99 Å². The molecule has 0 aromatic heterocycles. The van der Waals surface area contributed by atoms with Crippen molar-refractivity contribution in [2.45, 2.75) is 52.2 Å². The van der Waals surface area contributed by atoms with Gasteiger partial charge in [-0.05, 0) is 42.7 Å². The molecule has 1 aromatic carbocycles. The minimum absolute atomic E-state index is 0.352. The highest BCUT2D eigenvalue weighted by molar-refractivity contribution is 5.79. The van der Waals surface area contributed by atoms with Crippen LogP contribution in [-0.4, -0.2) is 39.9 Å². The fourth-order valence-electron chi connectivity index (χ4n) is 3.75. The van der Waals surface area contributed by atoms with E-state index >= 15 is 0 Å². The van der Waals surface area contributed by atoms with Crippen molar-refractivity contribution >= 4 is 5.96 Å². The summed E-state index contributed by atoms with van der Waals surface area (Å²) in [5.41, 5.74) is 2.77. The van der Waals surface area contributed by atoms with Crippen LogP contribution in [0.3, 0.4) is 0 Å². The predicted octanol–water partition coefficient (Wildman–Crippen LogP) is 3.49. The van der Waals surface area contributed by atoms with Gasteiger partial charge in [0.05, 0.1) is 6.61 Å². The van der Waals surface area contributed by atoms with Crippen LogP contribution in [0.1, 0.15) is 50.2 Å². The van der Waals surface area contributed by atoms with Crippen molar-refractivity contribution < 1.29 is 9.47 Å². The van der Waals surface area contributed by atoms with Gasteiger partial charge in [0.2, 0.25) is 0 Å². The molecule has 1 fully saturated rings. The monoisotopic (exact) mass is 361 g/mol. The molecule has 1 saturated carbocycles. The number of benzene rings is 1. The molecule has 2 rings (SSSR count). The molecule has 0 unspecified atom stereocenters. The van der Waals surface area contributed by atoms with Crippen molar-refractivity contribution in [3.63, 3.8) is 0 Å². The minimum Gasteiger partial charge on any atom is -0.382 e. The molecule has 0 atom stereocenters. The third-order valence-corrected chi connectivity index (χ3v) is 5.26. The van der Waals surface area contributed by atoms with Crippen LogP contribution in [0.4, 0.5) is 0 Å². The summed E-state index contributed by atoms with van der Waals surface area (Å²) in [5.74, 6) is 0.866. The Morgan fingerprint density at radius 2 is 1.96 bits per heavy atom. The zero-order valence-electron chi connectivity index (χ0n) is 16.6. The van der Waals surface area contributed by atoms with Crippen LogP contribution in [0.2, 0.25) is 0 Å². The first kappa shape index (κ1) is 20.7. The molecule has 1 aliphatic carbocycles. The Morgan fingerprint density at radius 1 is 1.19 bits per heavy atom. The molecule has 1 aliphatic rings. The number of ether oxygens (including phenoxy) is 2. The van der Waals surface area contributed by atoms with Crippen molar-refractivity contribution in [3.05, 3.63) is 35.4 Å². The van der Waals surface area contributed by atoms with E-state index < -0.39 is 0 Å². The Hall–Kier alpha value is -1.59. The number of nitrogens with one attached hydrogen (secondary N) is 2. The first-order valence-electron chi connectivity index (χ1n) is 9.80. The minimum atomic E-state index is 0.352. The molecule has 2 N–H and O–H groups in total. The third-order valence-electron chi connectivity index (χ3n) is 5.26. The van der Waals surface area contributed by atoms with E-state index in [1.807, 2.05) is 7.05 Å². The number of rotatable bonds is 10. The smallest absolute Gasteiger partial charge is 0.191 e. The summed E-state index contributed by atoms with van der Waals surface area (Å²) >= 11 is 0. The lowest BCUT2D eigenvalue weighted by atomic mass is 9.83. The standard InChI is InChI=1S/C21H35N3O2/c1-4-26-13-12-21(10-5-6-11-21)17-24-20(22-2)23-15-18-8-7-9-19(14-18)16-25-3/h7-9,14H,4-6,10-13,15-17H2,1-3H3,(H2,22,23,24). The molecule has 146 valence electrons. The van der Waals surface area contributed by atoms with Crippen LogP contribution in [0.15, 0.2) is 29.3 Å². The number of guanidine groups is 1. The first-order chi connectivity index (χ1) is 12.7. The van der Waals surface area contributed by atoms with Gasteiger partial charge in [0.25, 0.3) is 0 Å². The normalized spacial score (nSPS) is 16.7. The first-order valence-corrected chi connectivity index (χ1v) is 9.80. The van der Waals surface area contributed by atoms with E-state index in [-0.39, 0.29) is 0 Å². The molecule has 0 radical (unpaired) electrons. The van der Waals surface area contributed by atoms with Crippen LogP contribution < -0.4 is 10.6 Å². The van der Waals surface area contributed by atoms with E-state index in [1.165, 1.54) is 36.8 Å². The zero-order chi connectivity index (χ0) is 18.7. The summed E-state index contributed by atoms with van der Waals surface area (Å²) in [7, 11) is 3.55. The second-order valence-corrected chi connectivity index (χ2v) is 7.19. The van der Waals surface area contributed by atoms with E-state index in [2.05, 4.69) is 46.8 Å². The molecule has 0 aliphatic heterocycles. The summed E-state index contributed by atoms with van der Waals surface area (Å²) in [5, 5.41) is 6.98. The maximum Gasteiger partial charge on any atom is 0.191 e. The second kappa shape index (κ2) is 11.2. The Kier molecular flexibility index (Phi) is 8.92. The van der Waals surface area contributed by atoms with Crippen LogP contribution in [0, 0.1) is 5.41 Å². The number of nitrogens with zero attached hydrogens (tertiary/aromatic N) is 1. The lowest BCUT2D eigenvalue weighted by Gasteiger charge is -2.30. The van der Waals surface area contributed by atoms with Crippen molar-refractivity contribution in [2.75, 3.05) is 33.9 Å². The molecule has 0 saturated heterocycles. The quantitative estimate of drug-likeness (QED) is 0.381. The fraction of sp³-hybridized carbons (Fsp3) is 0.667. The lowest BCUT2D eigenvalue weighted by molar-refractivity contribution is 0.105. The molecule has 5 nitrogen and oxygen atoms in total. The summed E-state index contributed by atoms with van der Waals surface area (Å²) < 4.78 is 10.8. The Bertz CT molecular complexity index is 554. The molecular formula is C21H35N3O2. The second-order valence-electron chi connectivity index (χ2n) is 7.19. The summed E-state index contributed by atoms with van der Waals surface area (Å²) in [6.07, 6.45) is 6.34. The van der Waals surface area contributed by atoms with Crippen molar-refractivity contribution in [2.24, 2.45) is 10.4 Å². The highest BCUT2D eigenvalue weighted by Gasteiger charge is 2.33. The van der Waals surface area contributed by atoms with Gasteiger partial charge in [-0.15, -0.1) is 0 Å². The van der Waals surface area contributed by atoms with Gasteiger partial charge >= 0.3 is 0 Å². The Labute approximate surface area is 158 Å². The van der Waals surface area contributed by atoms with Gasteiger partial charge in [-0.1, -0.05) is 37.1 Å². The van der Waals surface area contributed by atoms with Gasteiger partial charge < -0.3 is 20.1 Å². The largest absolute Gasteiger partial charge is 0.382 e. The van der Waals surface area contributed by atoms with Crippen LogP contribution in [0.5, 0.6) is 0 Å². The van der Waals surface area contributed by atoms with Gasteiger partial charge in [-0.25, -0.2) is 0 Å². The molecule has 0 spiro atoms. The van der Waals surface area contributed by atoms with E-state index in [0.29, 0.717) is 12.0 Å². The van der Waals surface area contributed by atoms with Crippen LogP contribution >= 0.6 is 0 Å². The van der Waals surface area contributed by atoms with Gasteiger partial charge in [0.1, 0.15) is 0 Å². The van der Waals surface area contributed by atoms with Crippen molar-refractivity contribution in [3.8, 4) is 0 Å². The summed E-state index contributed by atoms with van der Waals surface area (Å²) in [6.45, 7) is 6.08. The molecule has 5 heteroatoms. The molecule has 0 bridgehead atoms. The summed E-state index contributed by atoms with van der Waals surface area (Å²) in [6, 6.07) is 8.45. The SMILES string of the molecule is CCOCCC1(CNC(=NC)NCc2cccc(COC)c2)CCCC1. The fourth-order valence-corrected chi connectivity index (χ4v) is 3.75. The molecule has 0 amide bonds. The number of hydrogen-bond donors (Lipinski definition) is 2. The topological polar surface area (TPSA) is 54.9 Å². The highest BCUT2D eigenvalue weighted by Crippen LogP contribution is 2.40. The van der Waals surface area contributed by atoms with Gasteiger partial charge in [0.15, 0.2) is 5.96 Å². The van der Waals surface area contributed by atoms with E-state index in [0.717, 1.165) is 38.7 Å². The van der Waals surface area contributed by atoms with Gasteiger partial charge in [-0.2, -0.15) is 0 Å². The van der Waals surface area contributed by atoms with E-state index in [9.17, 15) is 0 Å². The number of hydrogen-bond acceptors (Lipinski definition) is 3. The van der Waals surface area contributed by atoms with E-state index in [4.69, 9.17) is 9.47 Å². The van der Waals surface area contributed by atoms with Crippen LogP contribution in [-0.2, 0) is 22.6 Å². The number of methoxy groups -OCH3 is 1. The Balaban J connectivity index is 1.83. The number of aliphatic imine (C=N–C) groups is 1. The highest BCUT2D eigenvalue weighted by atomic mass is 16.5. The third kappa shape index (κ3) is 6.61. The van der Waals surface area contributed by atoms with Crippen molar-refractivity contribution in [1.82, 2.24) is 10.6 Å². The summed E-state index contributed by atoms with van der Waals surface area (Å²) in [4.78, 5) is 4.39. The molecule has 1 aromatic rings. The molecule has 26 heavy (non-hydrogen) atoms. The van der Waals surface area contributed by atoms with Crippen LogP contribution in [0.25, 0.3) is 0 Å². The molecular weight excluding hydrogens is 326 g/mol. The maximum atomic E-state index is 5.61. The zero-order valence-corrected chi connectivity index (χ0v) is 16.6. The van der Waals surface area contributed by atoms with E-state index in [1.54, 1.807) is 7.11 Å². The lowest BCUT2D eigenvalue weighted by Crippen LogP contribution is -2.43. The van der Waals surface area contributed by atoms with Gasteiger partial charge in [0, 0.05) is 40.5 Å².